The number of aryl methyl sites for hydroxylation is 1. The summed E-state index contributed by atoms with van der Waals surface area (Å²) in [6.07, 6.45) is 21.1. The Morgan fingerprint density at radius 1 is 0.806 bits per heavy atom. The Labute approximate surface area is 207 Å². The van der Waals surface area contributed by atoms with E-state index in [-0.39, 0.29) is 22.6 Å². The van der Waals surface area contributed by atoms with Crippen molar-refractivity contribution >= 4 is 19.4 Å². The largest absolute Gasteiger partial charge is 0.220 e. The second-order valence-corrected chi connectivity index (χ2v) is 11.6. The van der Waals surface area contributed by atoms with Crippen molar-refractivity contribution in [3.05, 3.63) is 61.5 Å². The van der Waals surface area contributed by atoms with Gasteiger partial charge in [-0.2, -0.15) is 0 Å². The number of hydrogen-bond donors (Lipinski definition) is 0. The summed E-state index contributed by atoms with van der Waals surface area (Å²) in [6, 6.07) is 10.3. The standard InChI is InChI=1S/C15H25N2.C10H14.CH3.2ClH.Ru/c1-3-7-14(8-4-1)16-11-12-17(13-16)15-9-5-2-6-10-15;1-8(2)10-6-4-9(3)5-7-10;;;;/h11-15H,1-10H2;4-8H,1-3H3;1H3;2*1H;/q+1;;-1;;;+2/p-2. The number of aromatic nitrogens is 2. The van der Waals surface area contributed by atoms with Gasteiger partial charge >= 0.3 is 34.5 Å². The number of hydrogen-bond acceptors (Lipinski definition) is 0. The molecule has 2 aromatic rings. The van der Waals surface area contributed by atoms with Crippen LogP contribution < -0.4 is 0 Å². The predicted molar refractivity (Wildman–Crippen MR) is 134 cm³/mol. The molecule has 1 aromatic heterocycles. The van der Waals surface area contributed by atoms with E-state index in [0.29, 0.717) is 5.92 Å². The van der Waals surface area contributed by atoms with Crippen LogP contribution in [0, 0.1) is 14.4 Å². The molecule has 2 nitrogen and oxygen atoms in total. The third-order valence-corrected chi connectivity index (χ3v) is 6.41. The molecular weight excluding hydrogens is 512 g/mol. The first-order chi connectivity index (χ1) is 14.5. The second kappa shape index (κ2) is 16.3. The Hall–Kier alpha value is -0.367. The van der Waals surface area contributed by atoms with E-state index in [1.54, 1.807) is 0 Å². The molecule has 0 spiro atoms. The van der Waals surface area contributed by atoms with Crippen LogP contribution in [-0.4, -0.2) is 9.13 Å². The van der Waals surface area contributed by atoms with Gasteiger partial charge in [0.25, 0.3) is 0 Å². The Morgan fingerprint density at radius 2 is 1.19 bits per heavy atom. The van der Waals surface area contributed by atoms with Crippen LogP contribution in [0.3, 0.4) is 0 Å². The van der Waals surface area contributed by atoms with E-state index in [1.807, 2.05) is 0 Å². The van der Waals surface area contributed by atoms with Gasteiger partial charge in [0.15, 0.2) is 18.7 Å². The van der Waals surface area contributed by atoms with E-state index < -0.39 is 0 Å². The van der Waals surface area contributed by atoms with Gasteiger partial charge in [-0.15, -0.1) is 0 Å². The first kappa shape index (κ1) is 28.7. The first-order valence-electron chi connectivity index (χ1n) is 11.5. The quantitative estimate of drug-likeness (QED) is 0.264. The number of benzene rings is 1. The molecule has 2 fully saturated rings. The summed E-state index contributed by atoms with van der Waals surface area (Å²) in [4.78, 5) is 0. The van der Waals surface area contributed by atoms with E-state index in [4.69, 9.17) is 19.4 Å². The van der Waals surface area contributed by atoms with Crippen molar-refractivity contribution in [2.45, 2.75) is 103 Å². The van der Waals surface area contributed by atoms with E-state index in [0.717, 1.165) is 12.1 Å². The summed E-state index contributed by atoms with van der Waals surface area (Å²) in [6.45, 7) is 6.54. The van der Waals surface area contributed by atoms with Crippen LogP contribution in [0.25, 0.3) is 0 Å². The van der Waals surface area contributed by atoms with E-state index in [9.17, 15) is 0 Å². The number of rotatable bonds is 3. The maximum absolute atomic E-state index is 4.85. The van der Waals surface area contributed by atoms with E-state index in [2.05, 4.69) is 72.9 Å². The summed E-state index contributed by atoms with van der Waals surface area (Å²) in [7, 11) is 9.71. The first-order valence-corrected chi connectivity index (χ1v) is 16.0. The molecule has 0 atom stereocenters. The SMILES string of the molecule is Cc1ccc(C(C)C)cc1.[CH3-].[Cl][Ru][Cl].c1cn(C2CCCCC2)[cH+]n1C1CCCCC1. The minimum absolute atomic E-state index is 0. The van der Waals surface area contributed by atoms with E-state index in [1.165, 1.54) is 75.3 Å². The average Bonchev–Trinajstić information content (AvgIpc) is 3.27. The van der Waals surface area contributed by atoms with Crippen LogP contribution >= 0.6 is 19.4 Å². The molecule has 0 aliphatic heterocycles. The molecule has 0 saturated heterocycles. The number of nitrogens with zero attached hydrogens (tertiary/aromatic N) is 2. The molecule has 0 bridgehead atoms. The number of imidazole rings is 1. The zero-order chi connectivity index (χ0) is 21.8. The van der Waals surface area contributed by atoms with Crippen LogP contribution in [0.4, 0.5) is 0 Å². The Balaban J connectivity index is 0.000000295. The fourth-order valence-electron chi connectivity index (χ4n) is 4.53. The number of halogens is 2. The summed E-state index contributed by atoms with van der Waals surface area (Å²) in [5, 5.41) is 0. The predicted octanol–water partition coefficient (Wildman–Crippen LogP) is 9.53. The van der Waals surface area contributed by atoms with Gasteiger partial charge in [0.2, 0.25) is 0 Å². The molecule has 0 amide bonds. The summed E-state index contributed by atoms with van der Waals surface area (Å²) < 4.78 is 4.96. The van der Waals surface area contributed by atoms with Crippen LogP contribution in [0.15, 0.2) is 43.0 Å². The van der Waals surface area contributed by atoms with Gasteiger partial charge in [-0.1, -0.05) is 82.2 Å². The molecule has 4 rings (SSSR count). The van der Waals surface area contributed by atoms with Gasteiger partial charge in [-0.3, -0.25) is 0 Å². The molecule has 0 N–H and O–H groups in total. The molecule has 0 radical (unpaired) electrons. The van der Waals surface area contributed by atoms with Crippen LogP contribution in [-0.2, 0) is 15.1 Å². The van der Waals surface area contributed by atoms with Crippen molar-refractivity contribution in [2.24, 2.45) is 0 Å². The molecule has 1 heterocycles. The smallest absolute Gasteiger partial charge is 0.175 e. The maximum Gasteiger partial charge on any atom is 0.175 e. The topological polar surface area (TPSA) is 9.86 Å². The summed E-state index contributed by atoms with van der Waals surface area (Å²) in [5.41, 5.74) is 2.76. The van der Waals surface area contributed by atoms with Gasteiger partial charge < -0.3 is 7.43 Å². The Morgan fingerprint density at radius 3 is 1.55 bits per heavy atom. The molecule has 31 heavy (non-hydrogen) atoms. The Kier molecular flexibility index (Phi) is 15.1. The van der Waals surface area contributed by atoms with Gasteiger partial charge in [0.05, 0.1) is 12.1 Å². The molecule has 178 valence electrons. The van der Waals surface area contributed by atoms with Gasteiger partial charge in [-0.25, -0.2) is 9.13 Å². The van der Waals surface area contributed by atoms with Gasteiger partial charge in [0.1, 0.15) is 0 Å². The van der Waals surface area contributed by atoms with Crippen LogP contribution in [0.1, 0.15) is 107 Å². The van der Waals surface area contributed by atoms with Crippen LogP contribution in [0.5, 0.6) is 0 Å². The van der Waals surface area contributed by atoms with Crippen molar-refractivity contribution < 1.29 is 15.1 Å². The molecular formula is C26H42Cl2N2Ru. The monoisotopic (exact) mass is 554 g/mol. The summed E-state index contributed by atoms with van der Waals surface area (Å²) in [5.74, 6) is 0.653. The third-order valence-electron chi connectivity index (χ3n) is 6.41. The molecule has 1 aromatic carbocycles. The van der Waals surface area contributed by atoms with Crippen LogP contribution in [0.2, 0.25) is 0 Å². The van der Waals surface area contributed by atoms with Crippen molar-refractivity contribution in [3.8, 4) is 0 Å². The second-order valence-electron chi connectivity index (χ2n) is 9.01. The van der Waals surface area contributed by atoms with Crippen molar-refractivity contribution in [2.75, 3.05) is 0 Å². The molecule has 0 unspecified atom stereocenters. The maximum atomic E-state index is 4.85. The molecule has 5 heteroatoms. The molecule has 2 aliphatic rings. The Bertz CT molecular complexity index is 655. The fourth-order valence-corrected chi connectivity index (χ4v) is 4.53. The summed E-state index contributed by atoms with van der Waals surface area (Å²) >= 11 is -0.346. The van der Waals surface area contributed by atoms with Gasteiger partial charge in [-0.05, 0) is 44.1 Å². The zero-order valence-electron chi connectivity index (χ0n) is 19.8. The van der Waals surface area contributed by atoms with Crippen molar-refractivity contribution in [1.29, 1.82) is 0 Å². The van der Waals surface area contributed by atoms with Crippen molar-refractivity contribution in [1.82, 2.24) is 9.13 Å². The van der Waals surface area contributed by atoms with Gasteiger partial charge in [0, 0.05) is 0 Å². The third kappa shape index (κ3) is 10.4. The zero-order valence-corrected chi connectivity index (χ0v) is 23.1. The van der Waals surface area contributed by atoms with Crippen molar-refractivity contribution in [3.63, 3.8) is 0 Å². The molecule has 2 saturated carbocycles. The fraction of sp³-hybridized carbons (Fsp3) is 0.615. The minimum Gasteiger partial charge on any atom is -0.220 e. The van der Waals surface area contributed by atoms with E-state index >= 15 is 0 Å². The average molecular weight is 555 g/mol. The normalized spacial score (nSPS) is 17.2. The molecule has 2 aliphatic carbocycles. The minimum atomic E-state index is -0.346.